The Hall–Kier alpha value is -0.800. The van der Waals surface area contributed by atoms with Gasteiger partial charge in [-0.15, -0.1) is 0 Å². The normalized spacial score (nSPS) is 13.1. The summed E-state index contributed by atoms with van der Waals surface area (Å²) in [6, 6.07) is 4.85. The molecule has 3 nitrogen and oxygen atoms in total. The van der Waals surface area contributed by atoms with Crippen LogP contribution in [0.4, 0.5) is 0 Å². The van der Waals surface area contributed by atoms with Crippen LogP contribution in [0.2, 0.25) is 0 Å². The molecule has 1 N–H and O–H groups in total. The van der Waals surface area contributed by atoms with Crippen LogP contribution in [0.1, 0.15) is 64.9 Å². The minimum absolute atomic E-state index is 0.619. The molecule has 0 bridgehead atoms. The Labute approximate surface area is 124 Å². The van der Waals surface area contributed by atoms with E-state index in [0.29, 0.717) is 6.04 Å². The van der Waals surface area contributed by atoms with E-state index in [9.17, 15) is 0 Å². The highest BCUT2D eigenvalue weighted by Gasteiger charge is 2.14. The van der Waals surface area contributed by atoms with E-state index in [1.807, 2.05) is 0 Å². The first-order valence-electron chi connectivity index (χ1n) is 8.23. The quantitative estimate of drug-likeness (QED) is 0.616. The Kier molecular flexibility index (Phi) is 8.63. The van der Waals surface area contributed by atoms with Gasteiger partial charge in [0.05, 0.1) is 13.1 Å². The van der Waals surface area contributed by atoms with E-state index in [-0.39, 0.29) is 0 Å². The van der Waals surface area contributed by atoms with Crippen molar-refractivity contribution in [2.75, 3.05) is 13.1 Å². The number of nitrogens with zero attached hydrogens (tertiary/aromatic N) is 1. The van der Waals surface area contributed by atoms with Gasteiger partial charge in [0, 0.05) is 6.04 Å². The first-order chi connectivity index (χ1) is 9.71. The number of hydrogen-bond acceptors (Lipinski definition) is 3. The van der Waals surface area contributed by atoms with Gasteiger partial charge in [0.1, 0.15) is 11.5 Å². The predicted molar refractivity (Wildman–Crippen MR) is 85.8 cm³/mol. The zero-order valence-electron chi connectivity index (χ0n) is 13.7. The molecule has 0 aromatic carbocycles. The summed E-state index contributed by atoms with van der Waals surface area (Å²) in [7, 11) is 0. The van der Waals surface area contributed by atoms with E-state index in [1.54, 1.807) is 0 Å². The molecule has 0 spiro atoms. The summed E-state index contributed by atoms with van der Waals surface area (Å²) in [5.41, 5.74) is 0. The van der Waals surface area contributed by atoms with Crippen molar-refractivity contribution >= 4 is 0 Å². The van der Waals surface area contributed by atoms with Crippen molar-refractivity contribution in [2.45, 2.75) is 72.5 Å². The monoisotopic (exact) mass is 280 g/mol. The average Bonchev–Trinajstić information content (AvgIpc) is 2.90. The molecule has 0 saturated carbocycles. The fraction of sp³-hybridized carbons (Fsp3) is 0.765. The Balaban J connectivity index is 2.50. The maximum absolute atomic E-state index is 5.93. The fourth-order valence-electron chi connectivity index (χ4n) is 2.27. The van der Waals surface area contributed by atoms with Crippen molar-refractivity contribution in [3.05, 3.63) is 23.7 Å². The second-order valence-corrected chi connectivity index (χ2v) is 5.63. The molecule has 116 valence electrons. The number of hydrogen-bond donors (Lipinski definition) is 1. The standard InChI is InChI=1S/C17H32N2O/c1-5-8-12-19(15(4)7-3)14-17-10-9-16(20-17)13-18-11-6-2/h9-10,15,18H,5-8,11-14H2,1-4H3. The lowest BCUT2D eigenvalue weighted by Gasteiger charge is -2.27. The molecular weight excluding hydrogens is 248 g/mol. The summed E-state index contributed by atoms with van der Waals surface area (Å²) in [6.07, 6.45) is 4.86. The van der Waals surface area contributed by atoms with Gasteiger partial charge >= 0.3 is 0 Å². The maximum Gasteiger partial charge on any atom is 0.118 e. The summed E-state index contributed by atoms with van der Waals surface area (Å²) in [4.78, 5) is 2.53. The van der Waals surface area contributed by atoms with Crippen molar-refractivity contribution in [1.82, 2.24) is 10.2 Å². The van der Waals surface area contributed by atoms with Crippen molar-refractivity contribution in [2.24, 2.45) is 0 Å². The predicted octanol–water partition coefficient (Wildman–Crippen LogP) is 4.18. The summed E-state index contributed by atoms with van der Waals surface area (Å²) in [5, 5.41) is 3.38. The SMILES string of the molecule is CCCCN(Cc1ccc(CNCCC)o1)C(C)CC. The van der Waals surface area contributed by atoms with Crippen LogP contribution in [-0.4, -0.2) is 24.0 Å². The third-order valence-corrected chi connectivity index (χ3v) is 3.82. The van der Waals surface area contributed by atoms with Crippen LogP contribution in [0.15, 0.2) is 16.5 Å². The van der Waals surface area contributed by atoms with Gasteiger partial charge in [0.2, 0.25) is 0 Å². The van der Waals surface area contributed by atoms with E-state index >= 15 is 0 Å². The van der Waals surface area contributed by atoms with Gasteiger partial charge in [-0.25, -0.2) is 0 Å². The third kappa shape index (κ3) is 6.10. The van der Waals surface area contributed by atoms with E-state index in [1.165, 1.54) is 19.3 Å². The lowest BCUT2D eigenvalue weighted by atomic mass is 10.2. The average molecular weight is 280 g/mol. The van der Waals surface area contributed by atoms with E-state index < -0.39 is 0 Å². The fourth-order valence-corrected chi connectivity index (χ4v) is 2.27. The largest absolute Gasteiger partial charge is 0.463 e. The van der Waals surface area contributed by atoms with Gasteiger partial charge in [-0.1, -0.05) is 27.2 Å². The Bertz CT molecular complexity index is 349. The smallest absolute Gasteiger partial charge is 0.118 e. The molecule has 1 aromatic heterocycles. The van der Waals surface area contributed by atoms with Gasteiger partial charge < -0.3 is 9.73 Å². The highest BCUT2D eigenvalue weighted by molar-refractivity contribution is 5.07. The molecule has 0 aliphatic carbocycles. The number of furan rings is 1. The molecule has 3 heteroatoms. The molecule has 0 radical (unpaired) electrons. The second-order valence-electron chi connectivity index (χ2n) is 5.63. The second kappa shape index (κ2) is 10.0. The lowest BCUT2D eigenvalue weighted by molar-refractivity contribution is 0.176. The summed E-state index contributed by atoms with van der Waals surface area (Å²) in [5.74, 6) is 2.14. The third-order valence-electron chi connectivity index (χ3n) is 3.82. The molecule has 0 saturated heterocycles. The molecular formula is C17H32N2O. The maximum atomic E-state index is 5.93. The van der Waals surface area contributed by atoms with Gasteiger partial charge in [0.15, 0.2) is 0 Å². The molecule has 0 aliphatic heterocycles. The Morgan fingerprint density at radius 1 is 1.15 bits per heavy atom. The van der Waals surface area contributed by atoms with Gasteiger partial charge in [-0.3, -0.25) is 4.90 Å². The Morgan fingerprint density at radius 2 is 1.90 bits per heavy atom. The molecule has 1 aromatic rings. The Morgan fingerprint density at radius 3 is 2.55 bits per heavy atom. The number of unbranched alkanes of at least 4 members (excludes halogenated alkanes) is 1. The highest BCUT2D eigenvalue weighted by atomic mass is 16.3. The minimum Gasteiger partial charge on any atom is -0.463 e. The summed E-state index contributed by atoms with van der Waals surface area (Å²) in [6.45, 7) is 13.0. The zero-order chi connectivity index (χ0) is 14.8. The van der Waals surface area contributed by atoms with E-state index in [0.717, 1.165) is 44.1 Å². The molecule has 1 atom stereocenters. The van der Waals surface area contributed by atoms with E-state index in [2.05, 4.69) is 50.0 Å². The topological polar surface area (TPSA) is 28.4 Å². The van der Waals surface area contributed by atoms with Crippen molar-refractivity contribution in [3.63, 3.8) is 0 Å². The van der Waals surface area contributed by atoms with Crippen molar-refractivity contribution < 1.29 is 4.42 Å². The molecule has 0 fully saturated rings. The van der Waals surface area contributed by atoms with Crippen LogP contribution < -0.4 is 5.32 Å². The summed E-state index contributed by atoms with van der Waals surface area (Å²) < 4.78 is 5.93. The van der Waals surface area contributed by atoms with Gasteiger partial charge in [-0.05, 0) is 51.4 Å². The summed E-state index contributed by atoms with van der Waals surface area (Å²) >= 11 is 0. The van der Waals surface area contributed by atoms with Crippen LogP contribution in [0.3, 0.4) is 0 Å². The molecule has 1 unspecified atom stereocenters. The number of rotatable bonds is 11. The van der Waals surface area contributed by atoms with Crippen LogP contribution in [0.5, 0.6) is 0 Å². The number of nitrogens with one attached hydrogen (secondary N) is 1. The van der Waals surface area contributed by atoms with Crippen LogP contribution >= 0.6 is 0 Å². The van der Waals surface area contributed by atoms with Crippen LogP contribution in [0.25, 0.3) is 0 Å². The van der Waals surface area contributed by atoms with Crippen molar-refractivity contribution in [3.8, 4) is 0 Å². The van der Waals surface area contributed by atoms with E-state index in [4.69, 9.17) is 4.42 Å². The highest BCUT2D eigenvalue weighted by Crippen LogP contribution is 2.14. The molecule has 20 heavy (non-hydrogen) atoms. The molecule has 0 amide bonds. The first kappa shape index (κ1) is 17.3. The van der Waals surface area contributed by atoms with Crippen LogP contribution in [0, 0.1) is 0 Å². The van der Waals surface area contributed by atoms with Crippen molar-refractivity contribution in [1.29, 1.82) is 0 Å². The minimum atomic E-state index is 0.619. The first-order valence-corrected chi connectivity index (χ1v) is 8.23. The molecule has 0 aliphatic rings. The molecule has 1 rings (SSSR count). The van der Waals surface area contributed by atoms with Crippen LogP contribution in [-0.2, 0) is 13.1 Å². The lowest BCUT2D eigenvalue weighted by Crippen LogP contribution is -2.32. The zero-order valence-corrected chi connectivity index (χ0v) is 13.7. The van der Waals surface area contributed by atoms with Gasteiger partial charge in [0.25, 0.3) is 0 Å². The molecule has 1 heterocycles. The van der Waals surface area contributed by atoms with Gasteiger partial charge in [-0.2, -0.15) is 0 Å².